The highest BCUT2D eigenvalue weighted by atomic mass is 127. The largest absolute Gasteiger partial charge is 0.332 e. The third-order valence-electron chi connectivity index (χ3n) is 2.84. The molecule has 1 amide bonds. The first kappa shape index (κ1) is 17.7. The molecule has 0 saturated heterocycles. The first-order chi connectivity index (χ1) is 10.4. The lowest BCUT2D eigenvalue weighted by atomic mass is 10.1. The Balaban J connectivity index is 2.03. The summed E-state index contributed by atoms with van der Waals surface area (Å²) in [6, 6.07) is 10.8. The highest BCUT2D eigenvalue weighted by molar-refractivity contribution is 14.1. The standard InChI is InChI=1S/C15H11BrClIN2OS/c1-8-2-3-9(6-13(8)18)14(21)20-15(22)19-10-4-5-11(16)12(17)7-10/h2-7H,1H3,(H2,19,20,21,22). The molecule has 2 aromatic rings. The summed E-state index contributed by atoms with van der Waals surface area (Å²) in [5.41, 5.74) is 2.40. The number of benzene rings is 2. The lowest BCUT2D eigenvalue weighted by Gasteiger charge is -2.11. The van der Waals surface area contributed by atoms with Gasteiger partial charge in [0, 0.05) is 19.3 Å². The summed E-state index contributed by atoms with van der Waals surface area (Å²) in [6.45, 7) is 1.99. The number of aryl methyl sites for hydroxylation is 1. The predicted molar refractivity (Wildman–Crippen MR) is 107 cm³/mol. The van der Waals surface area contributed by atoms with Crippen LogP contribution in [-0.2, 0) is 0 Å². The summed E-state index contributed by atoms with van der Waals surface area (Å²) < 4.78 is 1.83. The van der Waals surface area contributed by atoms with Crippen molar-refractivity contribution in [2.45, 2.75) is 6.92 Å². The quantitative estimate of drug-likeness (QED) is 0.435. The van der Waals surface area contributed by atoms with Crippen molar-refractivity contribution in [2.24, 2.45) is 0 Å². The topological polar surface area (TPSA) is 41.1 Å². The molecule has 0 heterocycles. The molecule has 0 aliphatic heterocycles. The Labute approximate surface area is 161 Å². The van der Waals surface area contributed by atoms with Crippen LogP contribution in [0.15, 0.2) is 40.9 Å². The summed E-state index contributed by atoms with van der Waals surface area (Å²) in [4.78, 5) is 12.2. The van der Waals surface area contributed by atoms with Crippen molar-refractivity contribution in [1.82, 2.24) is 5.32 Å². The second-order valence-corrected chi connectivity index (χ2v) is 7.33. The molecule has 0 aliphatic rings. The third kappa shape index (κ3) is 4.65. The zero-order valence-corrected chi connectivity index (χ0v) is 16.7. The number of nitrogens with one attached hydrogen (secondary N) is 2. The number of amides is 1. The van der Waals surface area contributed by atoms with E-state index in [0.29, 0.717) is 16.3 Å². The second kappa shape index (κ2) is 7.72. The molecule has 114 valence electrons. The van der Waals surface area contributed by atoms with Gasteiger partial charge in [0.25, 0.3) is 5.91 Å². The molecule has 2 N–H and O–H groups in total. The van der Waals surface area contributed by atoms with E-state index >= 15 is 0 Å². The summed E-state index contributed by atoms with van der Waals surface area (Å²) in [6.07, 6.45) is 0. The first-order valence-electron chi connectivity index (χ1n) is 6.20. The van der Waals surface area contributed by atoms with Crippen LogP contribution in [0.5, 0.6) is 0 Å². The van der Waals surface area contributed by atoms with Gasteiger partial charge in [0.05, 0.1) is 5.02 Å². The molecule has 2 rings (SSSR count). The predicted octanol–water partition coefficient (Wildman–Crippen LogP) is 5.14. The van der Waals surface area contributed by atoms with E-state index in [1.165, 1.54) is 0 Å². The van der Waals surface area contributed by atoms with Gasteiger partial charge in [0.1, 0.15) is 0 Å². The van der Waals surface area contributed by atoms with Gasteiger partial charge in [-0.3, -0.25) is 10.1 Å². The van der Waals surface area contributed by atoms with Crippen molar-refractivity contribution >= 4 is 79.0 Å². The van der Waals surface area contributed by atoms with Crippen LogP contribution in [0.3, 0.4) is 0 Å². The maximum absolute atomic E-state index is 12.2. The number of hydrogen-bond acceptors (Lipinski definition) is 2. The van der Waals surface area contributed by atoms with Crippen molar-refractivity contribution in [3.8, 4) is 0 Å². The molecule has 3 nitrogen and oxygen atoms in total. The van der Waals surface area contributed by atoms with Gasteiger partial charge in [-0.05, 0) is 93.6 Å². The van der Waals surface area contributed by atoms with Gasteiger partial charge in [-0.25, -0.2) is 0 Å². The minimum atomic E-state index is -0.251. The average Bonchev–Trinajstić information content (AvgIpc) is 2.45. The lowest BCUT2D eigenvalue weighted by molar-refractivity contribution is 0.0977. The smallest absolute Gasteiger partial charge is 0.257 e. The summed E-state index contributed by atoms with van der Waals surface area (Å²) in [7, 11) is 0. The molecular formula is C15H11BrClIN2OS. The van der Waals surface area contributed by atoms with Gasteiger partial charge in [-0.1, -0.05) is 17.7 Å². The van der Waals surface area contributed by atoms with Crippen molar-refractivity contribution in [3.63, 3.8) is 0 Å². The average molecular weight is 510 g/mol. The van der Waals surface area contributed by atoms with Gasteiger partial charge < -0.3 is 5.32 Å². The van der Waals surface area contributed by atoms with Crippen LogP contribution in [-0.4, -0.2) is 11.0 Å². The molecule has 0 saturated carbocycles. The Morgan fingerprint density at radius 2 is 2.00 bits per heavy atom. The Kier molecular flexibility index (Phi) is 6.19. The molecule has 0 unspecified atom stereocenters. The number of carbonyl (C=O) groups excluding carboxylic acids is 1. The fraction of sp³-hybridized carbons (Fsp3) is 0.0667. The molecule has 22 heavy (non-hydrogen) atoms. The summed E-state index contributed by atoms with van der Waals surface area (Å²) in [5, 5.41) is 6.36. The lowest BCUT2D eigenvalue weighted by Crippen LogP contribution is -2.34. The van der Waals surface area contributed by atoms with E-state index in [1.54, 1.807) is 18.2 Å². The van der Waals surface area contributed by atoms with Gasteiger partial charge >= 0.3 is 0 Å². The minimum Gasteiger partial charge on any atom is -0.332 e. The van der Waals surface area contributed by atoms with Crippen LogP contribution in [0, 0.1) is 10.5 Å². The minimum absolute atomic E-state index is 0.221. The Bertz CT molecular complexity index is 754. The van der Waals surface area contributed by atoms with Crippen LogP contribution in [0.4, 0.5) is 5.69 Å². The maximum atomic E-state index is 12.2. The third-order valence-corrected chi connectivity index (χ3v) is 5.44. The molecule has 0 radical (unpaired) electrons. The zero-order valence-electron chi connectivity index (χ0n) is 11.4. The van der Waals surface area contributed by atoms with Crippen LogP contribution in [0.1, 0.15) is 15.9 Å². The molecule has 0 spiro atoms. The molecule has 0 atom stereocenters. The van der Waals surface area contributed by atoms with Crippen molar-refractivity contribution < 1.29 is 4.79 Å². The number of thiocarbonyl (C=S) groups is 1. The van der Waals surface area contributed by atoms with E-state index in [4.69, 9.17) is 23.8 Å². The molecule has 0 aromatic heterocycles. The Morgan fingerprint density at radius 3 is 2.64 bits per heavy atom. The van der Waals surface area contributed by atoms with E-state index in [1.807, 2.05) is 25.1 Å². The normalized spacial score (nSPS) is 10.2. The summed E-state index contributed by atoms with van der Waals surface area (Å²) in [5.74, 6) is -0.251. The Morgan fingerprint density at radius 1 is 1.27 bits per heavy atom. The second-order valence-electron chi connectivity index (χ2n) is 4.50. The van der Waals surface area contributed by atoms with E-state index in [2.05, 4.69) is 49.2 Å². The number of halogens is 3. The molecular weight excluding hydrogens is 499 g/mol. The Hall–Kier alpha value is -0.700. The number of carbonyl (C=O) groups is 1. The zero-order chi connectivity index (χ0) is 16.3. The van der Waals surface area contributed by atoms with Crippen LogP contribution in [0.25, 0.3) is 0 Å². The van der Waals surface area contributed by atoms with Crippen molar-refractivity contribution in [2.75, 3.05) is 5.32 Å². The fourth-order valence-corrected chi connectivity index (χ4v) is 2.80. The van der Waals surface area contributed by atoms with Crippen molar-refractivity contribution in [3.05, 3.63) is 60.6 Å². The van der Waals surface area contributed by atoms with Crippen LogP contribution in [0.2, 0.25) is 5.02 Å². The van der Waals surface area contributed by atoms with Gasteiger partial charge in [0.2, 0.25) is 0 Å². The maximum Gasteiger partial charge on any atom is 0.257 e. The molecule has 2 aromatic carbocycles. The van der Waals surface area contributed by atoms with Gasteiger partial charge in [-0.15, -0.1) is 0 Å². The monoisotopic (exact) mass is 508 g/mol. The van der Waals surface area contributed by atoms with E-state index in [-0.39, 0.29) is 11.0 Å². The van der Waals surface area contributed by atoms with E-state index < -0.39 is 0 Å². The van der Waals surface area contributed by atoms with Crippen molar-refractivity contribution in [1.29, 1.82) is 0 Å². The first-order valence-corrected chi connectivity index (χ1v) is 8.86. The molecule has 0 fully saturated rings. The molecule has 0 aliphatic carbocycles. The number of hydrogen-bond donors (Lipinski definition) is 2. The SMILES string of the molecule is Cc1ccc(C(=O)NC(=S)Nc2ccc(Br)c(Cl)c2)cc1I. The molecule has 0 bridgehead atoms. The number of rotatable bonds is 2. The van der Waals surface area contributed by atoms with Gasteiger partial charge in [0.15, 0.2) is 5.11 Å². The summed E-state index contributed by atoms with van der Waals surface area (Å²) >= 11 is 16.7. The fourth-order valence-electron chi connectivity index (χ4n) is 1.65. The highest BCUT2D eigenvalue weighted by Crippen LogP contribution is 2.25. The highest BCUT2D eigenvalue weighted by Gasteiger charge is 2.09. The van der Waals surface area contributed by atoms with Crippen LogP contribution >= 0.6 is 62.3 Å². The van der Waals surface area contributed by atoms with E-state index in [9.17, 15) is 4.79 Å². The van der Waals surface area contributed by atoms with Crippen LogP contribution < -0.4 is 10.6 Å². The van der Waals surface area contributed by atoms with E-state index in [0.717, 1.165) is 13.6 Å². The van der Waals surface area contributed by atoms with Gasteiger partial charge in [-0.2, -0.15) is 0 Å². The number of anilines is 1. The molecule has 7 heteroatoms.